The van der Waals surface area contributed by atoms with E-state index in [0.29, 0.717) is 17.0 Å². The van der Waals surface area contributed by atoms with Crippen molar-refractivity contribution in [1.29, 1.82) is 0 Å². The first-order valence-corrected chi connectivity index (χ1v) is 6.44. The van der Waals surface area contributed by atoms with Crippen LogP contribution in [0.5, 0.6) is 0 Å². The van der Waals surface area contributed by atoms with Crippen LogP contribution in [0.1, 0.15) is 10.4 Å². The van der Waals surface area contributed by atoms with Crippen LogP contribution in [-0.4, -0.2) is 16.1 Å². The number of hydrogen-bond donors (Lipinski definition) is 2. The molecule has 6 heteroatoms. The standard InChI is InChI=1S/C16H11FN2O3/c17-12-5-7-13(8-6-12)19-16-18-9-14(22-16)10-1-3-11(4-2-10)15(20)21/h1-9H,(H,18,19)(H,20,21). The summed E-state index contributed by atoms with van der Waals surface area (Å²) in [6.07, 6.45) is 1.53. The summed E-state index contributed by atoms with van der Waals surface area (Å²) in [5, 5.41) is 11.8. The lowest BCUT2D eigenvalue weighted by Gasteiger charge is -2.01. The molecule has 2 aromatic carbocycles. The van der Waals surface area contributed by atoms with Crippen LogP contribution in [0.25, 0.3) is 11.3 Å². The average molecular weight is 298 g/mol. The van der Waals surface area contributed by atoms with Crippen LogP contribution in [0.3, 0.4) is 0 Å². The minimum atomic E-state index is -0.984. The van der Waals surface area contributed by atoms with Gasteiger partial charge in [-0.2, -0.15) is 0 Å². The maximum absolute atomic E-state index is 12.8. The molecule has 0 aliphatic rings. The van der Waals surface area contributed by atoms with Crippen molar-refractivity contribution in [1.82, 2.24) is 4.98 Å². The molecule has 22 heavy (non-hydrogen) atoms. The molecule has 0 fully saturated rings. The zero-order valence-electron chi connectivity index (χ0n) is 11.3. The van der Waals surface area contributed by atoms with Gasteiger partial charge in [0.05, 0.1) is 11.8 Å². The van der Waals surface area contributed by atoms with E-state index in [1.807, 2.05) is 0 Å². The van der Waals surface area contributed by atoms with Crippen LogP contribution in [0, 0.1) is 5.82 Å². The Kier molecular flexibility index (Phi) is 3.57. The Morgan fingerprint density at radius 1 is 1.09 bits per heavy atom. The van der Waals surface area contributed by atoms with Gasteiger partial charge in [0.1, 0.15) is 5.82 Å². The number of carboxylic acids is 1. The third-order valence-corrected chi connectivity index (χ3v) is 3.02. The Bertz CT molecular complexity index is 795. The van der Waals surface area contributed by atoms with E-state index >= 15 is 0 Å². The van der Waals surface area contributed by atoms with Crippen molar-refractivity contribution in [3.63, 3.8) is 0 Å². The number of halogens is 1. The highest BCUT2D eigenvalue weighted by Gasteiger charge is 2.08. The van der Waals surface area contributed by atoms with Crippen molar-refractivity contribution < 1.29 is 18.7 Å². The molecule has 0 atom stereocenters. The number of rotatable bonds is 4. The van der Waals surface area contributed by atoms with Crippen molar-refractivity contribution in [3.05, 3.63) is 66.1 Å². The van der Waals surface area contributed by atoms with Crippen molar-refractivity contribution in [2.45, 2.75) is 0 Å². The molecule has 1 heterocycles. The summed E-state index contributed by atoms with van der Waals surface area (Å²) in [5.74, 6) is -0.804. The fraction of sp³-hybridized carbons (Fsp3) is 0. The fourth-order valence-corrected chi connectivity index (χ4v) is 1.90. The fourth-order valence-electron chi connectivity index (χ4n) is 1.90. The van der Waals surface area contributed by atoms with Gasteiger partial charge in [-0.1, -0.05) is 12.1 Å². The number of aromatic nitrogens is 1. The second kappa shape index (κ2) is 5.69. The molecule has 0 spiro atoms. The maximum Gasteiger partial charge on any atom is 0.335 e. The van der Waals surface area contributed by atoms with Crippen LogP contribution in [0.2, 0.25) is 0 Å². The molecule has 3 rings (SSSR count). The third kappa shape index (κ3) is 2.95. The minimum absolute atomic E-state index is 0.202. The number of hydrogen-bond acceptors (Lipinski definition) is 4. The molecule has 0 amide bonds. The predicted octanol–water partition coefficient (Wildman–Crippen LogP) is 3.92. The van der Waals surface area contributed by atoms with Gasteiger partial charge in [-0.15, -0.1) is 0 Å². The highest BCUT2D eigenvalue weighted by atomic mass is 19.1. The molecule has 0 radical (unpaired) electrons. The Balaban J connectivity index is 1.78. The summed E-state index contributed by atoms with van der Waals surface area (Å²) in [6.45, 7) is 0. The van der Waals surface area contributed by atoms with Crippen LogP contribution in [0.4, 0.5) is 16.1 Å². The number of nitrogens with zero attached hydrogens (tertiary/aromatic N) is 1. The smallest absolute Gasteiger partial charge is 0.335 e. The van der Waals surface area contributed by atoms with E-state index in [1.54, 1.807) is 24.3 Å². The molecule has 2 N–H and O–H groups in total. The number of carboxylic acid groups (broad SMARTS) is 1. The molecule has 0 saturated heterocycles. The molecule has 0 bridgehead atoms. The Hall–Kier alpha value is -3.15. The Morgan fingerprint density at radius 2 is 1.77 bits per heavy atom. The highest BCUT2D eigenvalue weighted by Crippen LogP contribution is 2.24. The first kappa shape index (κ1) is 13.8. The first-order valence-electron chi connectivity index (χ1n) is 6.44. The highest BCUT2D eigenvalue weighted by molar-refractivity contribution is 5.88. The van der Waals surface area contributed by atoms with Gasteiger partial charge in [-0.3, -0.25) is 0 Å². The second-order valence-corrected chi connectivity index (χ2v) is 4.54. The van der Waals surface area contributed by atoms with Crippen molar-refractivity contribution >= 4 is 17.7 Å². The molecule has 0 saturated carbocycles. The van der Waals surface area contributed by atoms with Gasteiger partial charge in [-0.05, 0) is 36.4 Å². The number of benzene rings is 2. The summed E-state index contributed by atoms with van der Waals surface area (Å²) in [7, 11) is 0. The summed E-state index contributed by atoms with van der Waals surface area (Å²) < 4.78 is 18.4. The quantitative estimate of drug-likeness (QED) is 0.763. The molecular formula is C16H11FN2O3. The summed E-state index contributed by atoms with van der Waals surface area (Å²) in [4.78, 5) is 14.9. The zero-order valence-corrected chi connectivity index (χ0v) is 11.3. The zero-order chi connectivity index (χ0) is 15.5. The number of nitrogens with one attached hydrogen (secondary N) is 1. The third-order valence-electron chi connectivity index (χ3n) is 3.02. The SMILES string of the molecule is O=C(O)c1ccc(-c2cnc(Nc3ccc(F)cc3)o2)cc1. The van der Waals surface area contributed by atoms with Gasteiger partial charge in [0, 0.05) is 11.3 Å². The van der Waals surface area contributed by atoms with Crippen molar-refractivity contribution in [3.8, 4) is 11.3 Å². The number of aromatic carboxylic acids is 1. The molecule has 110 valence electrons. The lowest BCUT2D eigenvalue weighted by atomic mass is 10.1. The topological polar surface area (TPSA) is 75.4 Å². The molecule has 1 aromatic heterocycles. The summed E-state index contributed by atoms with van der Waals surface area (Å²) in [5.41, 5.74) is 1.56. The molecular weight excluding hydrogens is 287 g/mol. The van der Waals surface area contributed by atoms with Gasteiger partial charge in [-0.25, -0.2) is 14.2 Å². The maximum atomic E-state index is 12.8. The summed E-state index contributed by atoms with van der Waals surface area (Å²) in [6, 6.07) is 12.3. The minimum Gasteiger partial charge on any atom is -0.478 e. The van der Waals surface area contributed by atoms with Gasteiger partial charge in [0.25, 0.3) is 6.01 Å². The van der Waals surface area contributed by atoms with Gasteiger partial charge < -0.3 is 14.8 Å². The Labute approximate surface area is 125 Å². The van der Waals surface area contributed by atoms with Gasteiger partial charge in [0.15, 0.2) is 5.76 Å². The normalized spacial score (nSPS) is 10.4. The predicted molar refractivity (Wildman–Crippen MR) is 78.6 cm³/mol. The number of anilines is 2. The summed E-state index contributed by atoms with van der Waals surface area (Å²) >= 11 is 0. The van der Waals surface area contributed by atoms with Crippen LogP contribution in [-0.2, 0) is 0 Å². The van der Waals surface area contributed by atoms with Crippen LogP contribution < -0.4 is 5.32 Å². The number of carbonyl (C=O) groups is 1. The van der Waals surface area contributed by atoms with E-state index in [0.717, 1.165) is 0 Å². The van der Waals surface area contributed by atoms with Gasteiger partial charge in [0.2, 0.25) is 0 Å². The van der Waals surface area contributed by atoms with Gasteiger partial charge >= 0.3 is 5.97 Å². The van der Waals surface area contributed by atoms with E-state index in [9.17, 15) is 9.18 Å². The van der Waals surface area contributed by atoms with E-state index in [-0.39, 0.29) is 17.4 Å². The average Bonchev–Trinajstić information content (AvgIpc) is 2.98. The largest absolute Gasteiger partial charge is 0.478 e. The van der Waals surface area contributed by atoms with Crippen molar-refractivity contribution in [2.75, 3.05) is 5.32 Å². The molecule has 0 aliphatic carbocycles. The molecule has 0 unspecified atom stereocenters. The van der Waals surface area contributed by atoms with Crippen molar-refractivity contribution in [2.24, 2.45) is 0 Å². The second-order valence-electron chi connectivity index (χ2n) is 4.54. The first-order chi connectivity index (χ1) is 10.6. The lowest BCUT2D eigenvalue weighted by Crippen LogP contribution is -1.94. The number of oxazole rings is 1. The van der Waals surface area contributed by atoms with E-state index < -0.39 is 5.97 Å². The lowest BCUT2D eigenvalue weighted by molar-refractivity contribution is 0.0697. The molecule has 3 aromatic rings. The molecule has 5 nitrogen and oxygen atoms in total. The van der Waals surface area contributed by atoms with E-state index in [4.69, 9.17) is 9.52 Å². The van der Waals surface area contributed by atoms with E-state index in [1.165, 1.54) is 30.5 Å². The monoisotopic (exact) mass is 298 g/mol. The molecule has 0 aliphatic heterocycles. The van der Waals surface area contributed by atoms with E-state index in [2.05, 4.69) is 10.3 Å². The van der Waals surface area contributed by atoms with Crippen LogP contribution in [0.15, 0.2) is 59.1 Å². The van der Waals surface area contributed by atoms with Crippen LogP contribution >= 0.6 is 0 Å². The Morgan fingerprint density at radius 3 is 2.41 bits per heavy atom.